The van der Waals surface area contributed by atoms with Crippen LogP contribution < -0.4 is 0 Å². The van der Waals surface area contributed by atoms with E-state index in [1.807, 2.05) is 0 Å². The zero-order valence-electron chi connectivity index (χ0n) is 13.6. The van der Waals surface area contributed by atoms with Crippen LogP contribution in [0.1, 0.15) is 39.5 Å². The van der Waals surface area contributed by atoms with E-state index in [-0.39, 0.29) is 36.8 Å². The van der Waals surface area contributed by atoms with Crippen molar-refractivity contribution in [3.8, 4) is 0 Å². The number of carboxylic acid groups (broad SMARTS) is 2. The number of ether oxygens (including phenoxy) is 2. The topological polar surface area (TPSA) is 127 Å². The minimum absolute atomic E-state index is 0.105. The molecule has 0 spiro atoms. The second-order valence-corrected chi connectivity index (χ2v) is 5.81. The Kier molecular flexibility index (Phi) is 5.54. The quantitative estimate of drug-likeness (QED) is 0.549. The van der Waals surface area contributed by atoms with Gasteiger partial charge in [0.15, 0.2) is 0 Å². The molecule has 0 amide bonds. The Hall–Kier alpha value is -2.64. The summed E-state index contributed by atoms with van der Waals surface area (Å²) >= 11 is 0. The third kappa shape index (κ3) is 3.17. The smallest absolute Gasteiger partial charge is 0.353 e. The van der Waals surface area contributed by atoms with E-state index in [0.29, 0.717) is 0 Å². The second kappa shape index (κ2) is 6.86. The zero-order chi connectivity index (χ0) is 18.7. The zero-order valence-corrected chi connectivity index (χ0v) is 13.6. The molecule has 1 rings (SSSR count). The molecule has 0 bridgehead atoms. The first-order chi connectivity index (χ1) is 11.0. The average molecular weight is 340 g/mol. The molecule has 0 aromatic heterocycles. The van der Waals surface area contributed by atoms with Gasteiger partial charge >= 0.3 is 23.9 Å². The summed E-state index contributed by atoms with van der Waals surface area (Å²) in [5.41, 5.74) is -5.30. The van der Waals surface area contributed by atoms with Crippen LogP contribution >= 0.6 is 0 Å². The van der Waals surface area contributed by atoms with Crippen LogP contribution in [-0.4, -0.2) is 45.3 Å². The Bertz CT molecular complexity index is 566. The molecule has 0 radical (unpaired) electrons. The van der Waals surface area contributed by atoms with E-state index in [4.69, 9.17) is 9.47 Å². The largest absolute Gasteiger partial charge is 0.478 e. The Morgan fingerprint density at radius 2 is 1.08 bits per heavy atom. The third-order valence-electron chi connectivity index (χ3n) is 3.88. The fourth-order valence-electron chi connectivity index (χ4n) is 2.56. The van der Waals surface area contributed by atoms with Gasteiger partial charge in [-0.1, -0.05) is 13.2 Å². The lowest BCUT2D eigenvalue weighted by Gasteiger charge is -2.45. The van der Waals surface area contributed by atoms with E-state index in [1.54, 1.807) is 0 Å². The van der Waals surface area contributed by atoms with Crippen molar-refractivity contribution in [3.63, 3.8) is 0 Å². The highest BCUT2D eigenvalue weighted by Gasteiger charge is 2.69. The molecule has 1 fully saturated rings. The lowest BCUT2D eigenvalue weighted by atomic mass is 9.70. The van der Waals surface area contributed by atoms with Gasteiger partial charge in [0.25, 0.3) is 11.2 Å². The van der Waals surface area contributed by atoms with E-state index < -0.39 is 35.1 Å². The summed E-state index contributed by atoms with van der Waals surface area (Å²) in [6.45, 7) is 9.30. The van der Waals surface area contributed by atoms with E-state index in [9.17, 15) is 29.4 Å². The van der Waals surface area contributed by atoms with Crippen molar-refractivity contribution in [3.05, 3.63) is 24.3 Å². The van der Waals surface area contributed by atoms with Crippen molar-refractivity contribution in [2.24, 2.45) is 0 Å². The maximum Gasteiger partial charge on any atom is 0.353 e. The highest BCUT2D eigenvalue weighted by atomic mass is 16.6. The Morgan fingerprint density at radius 3 is 1.29 bits per heavy atom. The average Bonchev–Trinajstić information content (AvgIpc) is 2.48. The van der Waals surface area contributed by atoms with Crippen molar-refractivity contribution < 1.29 is 38.9 Å². The normalized spacial score (nSPS) is 26.1. The van der Waals surface area contributed by atoms with Crippen molar-refractivity contribution in [1.29, 1.82) is 0 Å². The van der Waals surface area contributed by atoms with Gasteiger partial charge in [0.2, 0.25) is 0 Å². The molecule has 0 aromatic rings. The first kappa shape index (κ1) is 19.4. The van der Waals surface area contributed by atoms with Gasteiger partial charge in [0.1, 0.15) is 0 Å². The van der Waals surface area contributed by atoms with Gasteiger partial charge < -0.3 is 19.7 Å². The molecule has 132 valence electrons. The number of carbonyl (C=O) groups is 4. The molecule has 2 unspecified atom stereocenters. The first-order valence-corrected chi connectivity index (χ1v) is 7.24. The van der Waals surface area contributed by atoms with Crippen molar-refractivity contribution in [2.75, 3.05) is 0 Å². The van der Waals surface area contributed by atoms with E-state index in [1.165, 1.54) is 13.8 Å². The number of aliphatic carboxylic acids is 2. The standard InChI is InChI=1S/C16H20O8/c1-9(2)11(17)23-15(13(19)20)7-5-6-8-16(15,14(21)22)24-12(18)10(3)4/h1,3,5-8H2,2,4H3,(H,19,20)(H,21,22). The van der Waals surface area contributed by atoms with Crippen LogP contribution in [0.2, 0.25) is 0 Å². The first-order valence-electron chi connectivity index (χ1n) is 7.24. The second-order valence-electron chi connectivity index (χ2n) is 5.81. The summed E-state index contributed by atoms with van der Waals surface area (Å²) in [6.07, 6.45) is -0.0426. The van der Waals surface area contributed by atoms with Gasteiger partial charge in [0, 0.05) is 24.0 Å². The molecule has 1 aliphatic carbocycles. The summed E-state index contributed by atoms with van der Waals surface area (Å²) in [5.74, 6) is -5.55. The SMILES string of the molecule is C=C(C)C(=O)OC1(C(=O)O)CCCCC1(OC(=O)C(=C)C)C(=O)O. The molecule has 24 heavy (non-hydrogen) atoms. The molecule has 1 saturated carbocycles. The van der Waals surface area contributed by atoms with Gasteiger partial charge in [-0.25, -0.2) is 19.2 Å². The van der Waals surface area contributed by atoms with Gasteiger partial charge in [-0.2, -0.15) is 0 Å². The lowest BCUT2D eigenvalue weighted by Crippen LogP contribution is -2.69. The summed E-state index contributed by atoms with van der Waals surface area (Å²) in [5, 5.41) is 19.3. The fourth-order valence-corrected chi connectivity index (χ4v) is 2.56. The van der Waals surface area contributed by atoms with E-state index >= 15 is 0 Å². The minimum atomic E-state index is -2.54. The molecule has 0 aromatic carbocycles. The number of carboxylic acids is 2. The molecular formula is C16H20O8. The van der Waals surface area contributed by atoms with Gasteiger partial charge in [-0.05, 0) is 26.7 Å². The highest BCUT2D eigenvalue weighted by Crippen LogP contribution is 2.44. The molecule has 0 heterocycles. The molecule has 2 N–H and O–H groups in total. The Labute approximate surface area is 138 Å². The third-order valence-corrected chi connectivity index (χ3v) is 3.88. The van der Waals surface area contributed by atoms with E-state index in [2.05, 4.69) is 13.2 Å². The van der Waals surface area contributed by atoms with Gasteiger partial charge in [-0.3, -0.25) is 0 Å². The van der Waals surface area contributed by atoms with Gasteiger partial charge in [-0.15, -0.1) is 0 Å². The van der Waals surface area contributed by atoms with Crippen molar-refractivity contribution in [2.45, 2.75) is 50.7 Å². The van der Waals surface area contributed by atoms with Crippen molar-refractivity contribution >= 4 is 23.9 Å². The van der Waals surface area contributed by atoms with Gasteiger partial charge in [0.05, 0.1) is 0 Å². The number of hydrogen-bond acceptors (Lipinski definition) is 6. The van der Waals surface area contributed by atoms with Crippen molar-refractivity contribution in [1.82, 2.24) is 0 Å². The van der Waals surface area contributed by atoms with Crippen LogP contribution in [0, 0.1) is 0 Å². The van der Waals surface area contributed by atoms with Crippen LogP contribution in [0.15, 0.2) is 24.3 Å². The van der Waals surface area contributed by atoms with Crippen LogP contribution in [-0.2, 0) is 28.7 Å². The molecule has 0 aliphatic heterocycles. The Morgan fingerprint density at radius 1 is 0.792 bits per heavy atom. The lowest BCUT2D eigenvalue weighted by molar-refractivity contribution is -0.234. The molecule has 8 heteroatoms. The number of rotatable bonds is 6. The maximum atomic E-state index is 11.9. The predicted molar refractivity (Wildman–Crippen MR) is 81.0 cm³/mol. The molecule has 1 aliphatic rings. The van der Waals surface area contributed by atoms with Crippen LogP contribution in [0.4, 0.5) is 0 Å². The van der Waals surface area contributed by atoms with Crippen LogP contribution in [0.5, 0.6) is 0 Å². The number of esters is 2. The van der Waals surface area contributed by atoms with Crippen LogP contribution in [0.3, 0.4) is 0 Å². The Balaban J connectivity index is 3.52. The molecule has 2 atom stereocenters. The monoisotopic (exact) mass is 340 g/mol. The molecule has 8 nitrogen and oxygen atoms in total. The highest BCUT2D eigenvalue weighted by molar-refractivity contribution is 5.98. The van der Waals surface area contributed by atoms with E-state index in [0.717, 1.165) is 0 Å². The summed E-state index contributed by atoms with van der Waals surface area (Å²) in [4.78, 5) is 47.7. The summed E-state index contributed by atoms with van der Waals surface area (Å²) in [6, 6.07) is 0. The number of hydrogen-bond donors (Lipinski definition) is 2. The summed E-state index contributed by atoms with van der Waals surface area (Å²) < 4.78 is 10.1. The van der Waals surface area contributed by atoms with Crippen LogP contribution in [0.25, 0.3) is 0 Å². The summed E-state index contributed by atoms with van der Waals surface area (Å²) in [7, 11) is 0. The minimum Gasteiger partial charge on any atom is -0.478 e. The fraction of sp³-hybridized carbons (Fsp3) is 0.500. The molecule has 0 saturated heterocycles. The molecular weight excluding hydrogens is 320 g/mol. The maximum absolute atomic E-state index is 11.9. The predicted octanol–water partition coefficient (Wildman–Crippen LogP) is 1.45. The number of carbonyl (C=O) groups excluding carboxylic acids is 2.